The molecule has 2 aromatic carbocycles. The second-order valence-electron chi connectivity index (χ2n) is 8.07. The first-order valence-electron chi connectivity index (χ1n) is 10.4. The van der Waals surface area contributed by atoms with Crippen molar-refractivity contribution >= 4 is 15.9 Å². The van der Waals surface area contributed by atoms with Crippen LogP contribution in [-0.4, -0.2) is 38.3 Å². The van der Waals surface area contributed by atoms with Crippen LogP contribution in [0.5, 0.6) is 0 Å². The molecule has 1 fully saturated rings. The maximum absolute atomic E-state index is 12.9. The van der Waals surface area contributed by atoms with Crippen LogP contribution in [0, 0.1) is 11.7 Å². The molecule has 3 rings (SSSR count). The Morgan fingerprint density at radius 3 is 2.23 bits per heavy atom. The highest BCUT2D eigenvalue weighted by Crippen LogP contribution is 2.25. The molecule has 0 saturated carbocycles. The average Bonchev–Trinajstić information content (AvgIpc) is 2.75. The summed E-state index contributed by atoms with van der Waals surface area (Å²) in [6.45, 7) is 5.29. The summed E-state index contributed by atoms with van der Waals surface area (Å²) < 4.78 is 40.2. The summed E-state index contributed by atoms with van der Waals surface area (Å²) in [5.74, 6) is -0.164. The minimum absolute atomic E-state index is 0.0459. The number of rotatable bonds is 7. The van der Waals surface area contributed by atoms with E-state index >= 15 is 0 Å². The number of halogens is 1. The van der Waals surface area contributed by atoms with Crippen LogP contribution in [0.2, 0.25) is 0 Å². The van der Waals surface area contributed by atoms with Crippen molar-refractivity contribution in [2.24, 2.45) is 5.92 Å². The topological polar surface area (TPSA) is 66.5 Å². The van der Waals surface area contributed by atoms with Crippen molar-refractivity contribution < 1.29 is 17.6 Å². The van der Waals surface area contributed by atoms with Crippen molar-refractivity contribution in [2.75, 3.05) is 19.6 Å². The van der Waals surface area contributed by atoms with Crippen molar-refractivity contribution in [3.05, 3.63) is 65.5 Å². The Morgan fingerprint density at radius 1 is 1.07 bits per heavy atom. The zero-order valence-corrected chi connectivity index (χ0v) is 18.3. The first-order valence-corrected chi connectivity index (χ1v) is 11.8. The van der Waals surface area contributed by atoms with Gasteiger partial charge in [-0.1, -0.05) is 38.1 Å². The van der Waals surface area contributed by atoms with Gasteiger partial charge in [0.1, 0.15) is 5.82 Å². The zero-order chi connectivity index (χ0) is 21.7. The molecular formula is C23H29FN2O3S. The molecule has 0 aromatic heterocycles. The van der Waals surface area contributed by atoms with E-state index in [1.54, 1.807) is 24.3 Å². The lowest BCUT2D eigenvalue weighted by atomic mass is 9.97. The Bertz CT molecular complexity index is 949. The van der Waals surface area contributed by atoms with E-state index in [0.717, 1.165) is 11.1 Å². The Kier molecular flexibility index (Phi) is 7.26. The van der Waals surface area contributed by atoms with E-state index in [0.29, 0.717) is 49.7 Å². The van der Waals surface area contributed by atoms with Crippen molar-refractivity contribution in [1.82, 2.24) is 9.62 Å². The number of piperidine rings is 1. The normalized spacial score (nSPS) is 16.0. The molecule has 1 N–H and O–H groups in total. The largest absolute Gasteiger partial charge is 0.356 e. The van der Waals surface area contributed by atoms with Gasteiger partial charge in [-0.25, -0.2) is 12.8 Å². The Labute approximate surface area is 178 Å². The fraction of sp³-hybridized carbons (Fsp3) is 0.435. The summed E-state index contributed by atoms with van der Waals surface area (Å²) in [6.07, 6.45) is 1.64. The average molecular weight is 433 g/mol. The molecule has 5 nitrogen and oxygen atoms in total. The Hall–Kier alpha value is -2.25. The summed E-state index contributed by atoms with van der Waals surface area (Å²) in [6, 6.07) is 13.3. The highest BCUT2D eigenvalue weighted by Gasteiger charge is 2.32. The number of hydrogen-bond donors (Lipinski definition) is 1. The summed E-state index contributed by atoms with van der Waals surface area (Å²) >= 11 is 0. The lowest BCUT2D eigenvalue weighted by Gasteiger charge is -2.30. The van der Waals surface area contributed by atoms with Crippen LogP contribution >= 0.6 is 0 Å². The minimum Gasteiger partial charge on any atom is -0.356 e. The smallest absolute Gasteiger partial charge is 0.243 e. The van der Waals surface area contributed by atoms with Gasteiger partial charge in [0.25, 0.3) is 0 Å². The van der Waals surface area contributed by atoms with Gasteiger partial charge in [-0.05, 0) is 60.6 Å². The molecule has 2 aromatic rings. The highest BCUT2D eigenvalue weighted by atomic mass is 32.2. The minimum atomic E-state index is -3.54. The predicted molar refractivity (Wildman–Crippen MR) is 115 cm³/mol. The highest BCUT2D eigenvalue weighted by molar-refractivity contribution is 7.89. The van der Waals surface area contributed by atoms with Gasteiger partial charge >= 0.3 is 0 Å². The SMILES string of the molecule is CC(C)c1ccc(S(=O)(=O)N2CCC(C(=O)NCCc3ccc(F)cc3)CC2)cc1. The third-order valence-corrected chi connectivity index (χ3v) is 7.55. The first-order chi connectivity index (χ1) is 14.3. The van der Waals surface area contributed by atoms with E-state index in [1.807, 2.05) is 12.1 Å². The molecule has 0 atom stereocenters. The van der Waals surface area contributed by atoms with Gasteiger partial charge in [-0.15, -0.1) is 0 Å². The maximum Gasteiger partial charge on any atom is 0.243 e. The van der Waals surface area contributed by atoms with Crippen LogP contribution in [0.1, 0.15) is 43.7 Å². The standard InChI is InChI=1S/C23H29FN2O3S/c1-17(2)19-5-9-22(10-6-19)30(28,29)26-15-12-20(13-16-26)23(27)25-14-11-18-3-7-21(24)8-4-18/h3-10,17,20H,11-16H2,1-2H3,(H,25,27). The van der Waals surface area contributed by atoms with Crippen LogP contribution in [0.4, 0.5) is 4.39 Å². The van der Waals surface area contributed by atoms with Gasteiger partial charge in [0.2, 0.25) is 15.9 Å². The van der Waals surface area contributed by atoms with E-state index in [9.17, 15) is 17.6 Å². The third-order valence-electron chi connectivity index (χ3n) is 5.64. The second kappa shape index (κ2) is 9.71. The van der Waals surface area contributed by atoms with Crippen LogP contribution < -0.4 is 5.32 Å². The molecule has 1 amide bonds. The number of nitrogens with zero attached hydrogens (tertiary/aromatic N) is 1. The summed E-state index contributed by atoms with van der Waals surface area (Å²) in [4.78, 5) is 12.7. The van der Waals surface area contributed by atoms with Crippen LogP contribution in [0.3, 0.4) is 0 Å². The predicted octanol–water partition coefficient (Wildman–Crippen LogP) is 3.71. The molecule has 1 saturated heterocycles. The van der Waals surface area contributed by atoms with Gasteiger partial charge in [0.15, 0.2) is 0 Å². The second-order valence-corrected chi connectivity index (χ2v) is 10.0. The van der Waals surface area contributed by atoms with Crippen molar-refractivity contribution in [3.8, 4) is 0 Å². The Balaban J connectivity index is 1.49. The number of carbonyl (C=O) groups is 1. The molecule has 30 heavy (non-hydrogen) atoms. The molecule has 1 heterocycles. The maximum atomic E-state index is 12.9. The van der Waals surface area contributed by atoms with Gasteiger partial charge in [0, 0.05) is 25.6 Å². The van der Waals surface area contributed by atoms with Gasteiger partial charge in [0.05, 0.1) is 4.90 Å². The third kappa shape index (κ3) is 5.46. The van der Waals surface area contributed by atoms with E-state index in [2.05, 4.69) is 19.2 Å². The van der Waals surface area contributed by atoms with Crippen molar-refractivity contribution in [2.45, 2.75) is 43.9 Å². The Morgan fingerprint density at radius 2 is 1.67 bits per heavy atom. The molecule has 0 aliphatic carbocycles. The monoisotopic (exact) mass is 432 g/mol. The van der Waals surface area contributed by atoms with Gasteiger partial charge in [-0.3, -0.25) is 4.79 Å². The number of carbonyl (C=O) groups excluding carboxylic acids is 1. The number of hydrogen-bond acceptors (Lipinski definition) is 3. The van der Waals surface area contributed by atoms with Crippen LogP contribution in [0.15, 0.2) is 53.4 Å². The zero-order valence-electron chi connectivity index (χ0n) is 17.5. The van der Waals surface area contributed by atoms with Crippen molar-refractivity contribution in [1.29, 1.82) is 0 Å². The molecule has 1 aliphatic heterocycles. The van der Waals surface area contributed by atoms with E-state index in [1.165, 1.54) is 16.4 Å². The fourth-order valence-electron chi connectivity index (χ4n) is 3.66. The molecule has 0 spiro atoms. The molecule has 1 aliphatic rings. The lowest BCUT2D eigenvalue weighted by molar-refractivity contribution is -0.126. The van der Waals surface area contributed by atoms with E-state index in [-0.39, 0.29) is 17.6 Å². The summed E-state index contributed by atoms with van der Waals surface area (Å²) in [7, 11) is -3.54. The number of benzene rings is 2. The molecule has 0 unspecified atom stereocenters. The number of amides is 1. The van der Waals surface area contributed by atoms with Gasteiger partial charge < -0.3 is 5.32 Å². The van der Waals surface area contributed by atoms with Crippen molar-refractivity contribution in [3.63, 3.8) is 0 Å². The molecule has 162 valence electrons. The lowest BCUT2D eigenvalue weighted by Crippen LogP contribution is -2.43. The summed E-state index contributed by atoms with van der Waals surface area (Å²) in [5, 5.41) is 2.92. The number of sulfonamides is 1. The van der Waals surface area contributed by atoms with Crippen LogP contribution in [0.25, 0.3) is 0 Å². The molecule has 7 heteroatoms. The summed E-state index contributed by atoms with van der Waals surface area (Å²) in [5.41, 5.74) is 2.06. The molecule has 0 radical (unpaired) electrons. The number of nitrogens with one attached hydrogen (secondary N) is 1. The van der Waals surface area contributed by atoms with Gasteiger partial charge in [-0.2, -0.15) is 4.31 Å². The first kappa shape index (κ1) is 22.4. The fourth-order valence-corrected chi connectivity index (χ4v) is 5.13. The van der Waals surface area contributed by atoms with Crippen LogP contribution in [-0.2, 0) is 21.2 Å². The molecular weight excluding hydrogens is 403 g/mol. The van der Waals surface area contributed by atoms with E-state index < -0.39 is 10.0 Å². The molecule has 0 bridgehead atoms. The van der Waals surface area contributed by atoms with E-state index in [4.69, 9.17) is 0 Å². The quantitative estimate of drug-likeness (QED) is 0.725.